The van der Waals surface area contributed by atoms with Crippen molar-refractivity contribution in [1.82, 2.24) is 10.2 Å². The van der Waals surface area contributed by atoms with Gasteiger partial charge in [-0.2, -0.15) is 0 Å². The Morgan fingerprint density at radius 2 is 2.00 bits per heavy atom. The molecule has 5 heteroatoms. The van der Waals surface area contributed by atoms with Crippen LogP contribution in [0, 0.1) is 11.8 Å². The van der Waals surface area contributed by atoms with Gasteiger partial charge in [0.1, 0.15) is 6.04 Å². The van der Waals surface area contributed by atoms with Crippen LogP contribution in [0.2, 0.25) is 0 Å². The van der Waals surface area contributed by atoms with E-state index < -0.39 is 12.0 Å². The second kappa shape index (κ2) is 6.78. The standard InChI is InChI=1S/C14H26N2O3/c1-5-10(4)12(13(17)18)15-14(19)16-8-6-7-11(16)9(2)3/h9-12H,5-8H2,1-4H3,(H,15,19)(H,17,18)/t10?,11?,12-/m0/s1. The van der Waals surface area contributed by atoms with Gasteiger partial charge < -0.3 is 15.3 Å². The van der Waals surface area contributed by atoms with Crippen LogP contribution in [0.4, 0.5) is 4.79 Å². The summed E-state index contributed by atoms with van der Waals surface area (Å²) in [5.74, 6) is -0.621. The van der Waals surface area contributed by atoms with Crippen molar-refractivity contribution in [2.24, 2.45) is 11.8 Å². The first kappa shape index (κ1) is 15.8. The van der Waals surface area contributed by atoms with Gasteiger partial charge in [-0.1, -0.05) is 34.1 Å². The number of hydrogen-bond donors (Lipinski definition) is 2. The zero-order valence-electron chi connectivity index (χ0n) is 12.3. The van der Waals surface area contributed by atoms with Crippen LogP contribution in [-0.4, -0.2) is 40.6 Å². The van der Waals surface area contributed by atoms with Gasteiger partial charge in [-0.05, 0) is 24.7 Å². The maximum atomic E-state index is 12.2. The maximum absolute atomic E-state index is 12.2. The maximum Gasteiger partial charge on any atom is 0.326 e. The highest BCUT2D eigenvalue weighted by Crippen LogP contribution is 2.24. The number of urea groups is 1. The molecule has 1 fully saturated rings. The molecule has 0 aromatic rings. The van der Waals surface area contributed by atoms with Crippen LogP contribution in [0.25, 0.3) is 0 Å². The molecule has 0 bridgehead atoms. The summed E-state index contributed by atoms with van der Waals surface area (Å²) in [5, 5.41) is 11.9. The first-order valence-corrected chi connectivity index (χ1v) is 7.18. The molecule has 5 nitrogen and oxygen atoms in total. The highest BCUT2D eigenvalue weighted by Gasteiger charge is 2.34. The number of hydrogen-bond acceptors (Lipinski definition) is 2. The van der Waals surface area contributed by atoms with Gasteiger partial charge in [0, 0.05) is 12.6 Å². The van der Waals surface area contributed by atoms with Crippen molar-refractivity contribution < 1.29 is 14.7 Å². The second-order valence-electron chi connectivity index (χ2n) is 5.80. The fourth-order valence-corrected chi connectivity index (χ4v) is 2.64. The summed E-state index contributed by atoms with van der Waals surface area (Å²) >= 11 is 0. The van der Waals surface area contributed by atoms with E-state index in [9.17, 15) is 14.7 Å². The fraction of sp³-hybridized carbons (Fsp3) is 0.857. The molecule has 0 aromatic carbocycles. The van der Waals surface area contributed by atoms with Crippen LogP contribution in [0.3, 0.4) is 0 Å². The number of nitrogens with zero attached hydrogens (tertiary/aromatic N) is 1. The Labute approximate surface area is 115 Å². The van der Waals surface area contributed by atoms with Crippen LogP contribution in [0.1, 0.15) is 47.0 Å². The molecule has 1 aliphatic heterocycles. The number of nitrogens with one attached hydrogen (secondary N) is 1. The molecule has 0 aliphatic carbocycles. The van der Waals surface area contributed by atoms with Gasteiger partial charge in [0.15, 0.2) is 0 Å². The molecule has 19 heavy (non-hydrogen) atoms. The molecule has 1 saturated heterocycles. The Kier molecular flexibility index (Phi) is 5.63. The van der Waals surface area contributed by atoms with Crippen molar-refractivity contribution in [1.29, 1.82) is 0 Å². The van der Waals surface area contributed by atoms with Crippen molar-refractivity contribution in [3.05, 3.63) is 0 Å². The minimum atomic E-state index is -0.956. The third kappa shape index (κ3) is 3.85. The van der Waals surface area contributed by atoms with Crippen LogP contribution >= 0.6 is 0 Å². The lowest BCUT2D eigenvalue weighted by Crippen LogP contribution is -2.52. The summed E-state index contributed by atoms with van der Waals surface area (Å²) in [6.07, 6.45) is 2.73. The third-order valence-corrected chi connectivity index (χ3v) is 4.09. The van der Waals surface area contributed by atoms with E-state index in [0.717, 1.165) is 25.8 Å². The van der Waals surface area contributed by atoms with Crippen LogP contribution < -0.4 is 5.32 Å². The number of carbonyl (C=O) groups is 2. The quantitative estimate of drug-likeness (QED) is 0.805. The zero-order chi connectivity index (χ0) is 14.6. The lowest BCUT2D eigenvalue weighted by Gasteiger charge is -2.30. The van der Waals surface area contributed by atoms with Crippen molar-refractivity contribution in [3.63, 3.8) is 0 Å². The van der Waals surface area contributed by atoms with Gasteiger partial charge in [-0.25, -0.2) is 9.59 Å². The Hall–Kier alpha value is -1.26. The predicted octanol–water partition coefficient (Wildman–Crippen LogP) is 2.32. The molecule has 110 valence electrons. The fourth-order valence-electron chi connectivity index (χ4n) is 2.64. The van der Waals surface area contributed by atoms with Gasteiger partial charge in [0.2, 0.25) is 0 Å². The smallest absolute Gasteiger partial charge is 0.326 e. The molecule has 2 unspecified atom stereocenters. The predicted molar refractivity (Wildman–Crippen MR) is 74.0 cm³/mol. The lowest BCUT2D eigenvalue weighted by molar-refractivity contribution is -0.140. The van der Waals surface area contributed by atoms with Crippen molar-refractivity contribution in [2.45, 2.75) is 59.0 Å². The Morgan fingerprint density at radius 1 is 1.37 bits per heavy atom. The molecule has 2 amide bonds. The topological polar surface area (TPSA) is 69.6 Å². The minimum Gasteiger partial charge on any atom is -0.480 e. The highest BCUT2D eigenvalue weighted by molar-refractivity contribution is 5.83. The van der Waals surface area contributed by atoms with Crippen molar-refractivity contribution >= 4 is 12.0 Å². The van der Waals surface area contributed by atoms with Crippen LogP contribution in [-0.2, 0) is 4.79 Å². The van der Waals surface area contributed by atoms with E-state index in [0.29, 0.717) is 5.92 Å². The summed E-state index contributed by atoms with van der Waals surface area (Å²) in [7, 11) is 0. The number of amides is 2. The molecule has 1 rings (SSSR count). The molecule has 3 atom stereocenters. The average Bonchev–Trinajstić information content (AvgIpc) is 2.83. The molecule has 0 saturated carbocycles. The van der Waals surface area contributed by atoms with E-state index in [2.05, 4.69) is 19.2 Å². The van der Waals surface area contributed by atoms with Crippen LogP contribution in [0.5, 0.6) is 0 Å². The highest BCUT2D eigenvalue weighted by atomic mass is 16.4. The van der Waals surface area contributed by atoms with Gasteiger partial charge in [-0.3, -0.25) is 0 Å². The van der Waals surface area contributed by atoms with E-state index in [1.54, 1.807) is 4.90 Å². The molecule has 0 spiro atoms. The zero-order valence-corrected chi connectivity index (χ0v) is 12.3. The molecular weight excluding hydrogens is 244 g/mol. The Balaban J connectivity index is 2.69. The SMILES string of the molecule is CCC(C)[C@H](NC(=O)N1CCCC1C(C)C)C(=O)O. The lowest BCUT2D eigenvalue weighted by atomic mass is 9.99. The van der Waals surface area contributed by atoms with Gasteiger partial charge in [0.25, 0.3) is 0 Å². The number of likely N-dealkylation sites (tertiary alicyclic amines) is 1. The first-order chi connectivity index (χ1) is 8.88. The summed E-state index contributed by atoms with van der Waals surface area (Å²) < 4.78 is 0. The van der Waals surface area contributed by atoms with E-state index in [-0.39, 0.29) is 18.0 Å². The number of carboxylic acid groups (broad SMARTS) is 1. The van der Waals surface area contributed by atoms with Crippen molar-refractivity contribution in [2.75, 3.05) is 6.54 Å². The summed E-state index contributed by atoms with van der Waals surface area (Å²) in [6, 6.07) is -0.804. The van der Waals surface area contributed by atoms with Gasteiger partial charge in [-0.15, -0.1) is 0 Å². The summed E-state index contributed by atoms with van der Waals surface area (Å²) in [5.41, 5.74) is 0. The van der Waals surface area contributed by atoms with E-state index in [4.69, 9.17) is 0 Å². The summed E-state index contributed by atoms with van der Waals surface area (Å²) in [4.78, 5) is 25.3. The molecular formula is C14H26N2O3. The van der Waals surface area contributed by atoms with E-state index in [1.807, 2.05) is 13.8 Å². The van der Waals surface area contributed by atoms with Crippen LogP contribution in [0.15, 0.2) is 0 Å². The third-order valence-electron chi connectivity index (χ3n) is 4.09. The largest absolute Gasteiger partial charge is 0.480 e. The monoisotopic (exact) mass is 270 g/mol. The molecule has 1 heterocycles. The van der Waals surface area contributed by atoms with Gasteiger partial charge in [0.05, 0.1) is 0 Å². The number of rotatable bonds is 5. The molecule has 0 radical (unpaired) electrons. The second-order valence-corrected chi connectivity index (χ2v) is 5.80. The Bertz CT molecular complexity index is 331. The first-order valence-electron chi connectivity index (χ1n) is 7.18. The summed E-state index contributed by atoms with van der Waals surface area (Å²) in [6.45, 7) is 8.70. The molecule has 1 aliphatic rings. The van der Waals surface area contributed by atoms with E-state index in [1.165, 1.54) is 0 Å². The molecule has 0 aromatic heterocycles. The van der Waals surface area contributed by atoms with E-state index >= 15 is 0 Å². The molecule has 2 N–H and O–H groups in total. The normalized spacial score (nSPS) is 22.4. The number of carbonyl (C=O) groups excluding carboxylic acids is 1. The minimum absolute atomic E-state index is 0.0680. The van der Waals surface area contributed by atoms with Crippen molar-refractivity contribution in [3.8, 4) is 0 Å². The number of carboxylic acids is 1. The van der Waals surface area contributed by atoms with Gasteiger partial charge >= 0.3 is 12.0 Å². The average molecular weight is 270 g/mol. The number of aliphatic carboxylic acids is 1. The Morgan fingerprint density at radius 3 is 2.47 bits per heavy atom.